The Labute approximate surface area is 184 Å². The van der Waals surface area contributed by atoms with Crippen molar-refractivity contribution in [2.75, 3.05) is 18.5 Å². The van der Waals surface area contributed by atoms with Crippen molar-refractivity contribution in [3.8, 4) is 0 Å². The number of nitrogens with zero attached hydrogens (tertiary/aromatic N) is 6. The lowest BCUT2D eigenvalue weighted by molar-refractivity contribution is -0.156. The number of benzene rings is 1. The van der Waals surface area contributed by atoms with E-state index >= 15 is 0 Å². The topological polar surface area (TPSA) is 126 Å². The highest BCUT2D eigenvalue weighted by atomic mass is 16.7. The average Bonchev–Trinajstić information content (AvgIpc) is 3.40. The zero-order valence-electron chi connectivity index (χ0n) is 17.8. The molecule has 0 saturated carbocycles. The van der Waals surface area contributed by atoms with Gasteiger partial charge in [-0.05, 0) is 29.5 Å². The summed E-state index contributed by atoms with van der Waals surface area (Å²) in [4.78, 5) is 22.3. The molecule has 0 atom stereocenters. The normalized spacial score (nSPS) is 15.5. The van der Waals surface area contributed by atoms with Gasteiger partial charge in [-0.3, -0.25) is 4.79 Å². The van der Waals surface area contributed by atoms with Crippen LogP contribution in [0.25, 0.3) is 0 Å². The first-order valence-corrected chi connectivity index (χ1v) is 10.0. The molecule has 0 radical (unpaired) electrons. The summed E-state index contributed by atoms with van der Waals surface area (Å²) in [5.74, 6) is -0.279. The Morgan fingerprint density at radius 1 is 1.19 bits per heavy atom. The van der Waals surface area contributed by atoms with E-state index in [1.165, 1.54) is 4.68 Å². The molecule has 1 N–H and O–H groups in total. The lowest BCUT2D eigenvalue weighted by Crippen LogP contribution is -2.32. The van der Waals surface area contributed by atoms with E-state index in [1.54, 1.807) is 32.2 Å². The molecule has 32 heavy (non-hydrogen) atoms. The van der Waals surface area contributed by atoms with E-state index in [-0.39, 0.29) is 18.9 Å². The van der Waals surface area contributed by atoms with Crippen LogP contribution in [0.5, 0.6) is 0 Å². The lowest BCUT2D eigenvalue weighted by atomic mass is 10.1. The largest absolute Gasteiger partial charge is 0.389 e. The molecule has 166 valence electrons. The van der Waals surface area contributed by atoms with Crippen LogP contribution in [0.4, 0.5) is 5.82 Å². The van der Waals surface area contributed by atoms with E-state index in [2.05, 4.69) is 31.0 Å². The van der Waals surface area contributed by atoms with Gasteiger partial charge in [-0.1, -0.05) is 41.6 Å². The predicted molar refractivity (Wildman–Crippen MR) is 113 cm³/mol. The number of amides is 1. The van der Waals surface area contributed by atoms with E-state index in [0.29, 0.717) is 36.3 Å². The van der Waals surface area contributed by atoms with Crippen molar-refractivity contribution in [1.82, 2.24) is 25.2 Å². The molecule has 1 saturated heterocycles. The summed E-state index contributed by atoms with van der Waals surface area (Å²) in [5.41, 5.74) is 1.89. The molecule has 1 aliphatic heterocycles. The smallest absolute Gasteiger partial charge is 0.230 e. The fourth-order valence-electron chi connectivity index (χ4n) is 3.18. The SMILES string of the molecule is Cn1nnnc1C(=NOCc1cccc(NC(=O)CC2(C)OCCO2)n1)c1ccccc1. The number of nitrogens with one attached hydrogen (secondary N) is 1. The fraction of sp³-hybridized carbons (Fsp3) is 0.333. The number of tetrazole rings is 1. The molecule has 3 heterocycles. The molecule has 0 spiro atoms. The van der Waals surface area contributed by atoms with Crippen LogP contribution in [-0.4, -0.2) is 55.8 Å². The number of rotatable bonds is 8. The second kappa shape index (κ2) is 9.62. The summed E-state index contributed by atoms with van der Waals surface area (Å²) in [5, 5.41) is 18.6. The van der Waals surface area contributed by atoms with Gasteiger partial charge in [-0.15, -0.1) is 5.10 Å². The zero-order valence-corrected chi connectivity index (χ0v) is 17.8. The molecule has 11 nitrogen and oxygen atoms in total. The van der Waals surface area contributed by atoms with Crippen LogP contribution < -0.4 is 5.32 Å². The summed E-state index contributed by atoms with van der Waals surface area (Å²) >= 11 is 0. The summed E-state index contributed by atoms with van der Waals surface area (Å²) in [6.45, 7) is 2.79. The number of hydrogen-bond donors (Lipinski definition) is 1. The summed E-state index contributed by atoms with van der Waals surface area (Å²) in [6, 6.07) is 14.7. The van der Waals surface area contributed by atoms with Crippen molar-refractivity contribution in [3.05, 3.63) is 65.6 Å². The highest BCUT2D eigenvalue weighted by Gasteiger charge is 2.33. The Kier molecular flexibility index (Phi) is 6.47. The van der Waals surface area contributed by atoms with Gasteiger partial charge in [0, 0.05) is 12.6 Å². The third-order valence-electron chi connectivity index (χ3n) is 4.70. The third-order valence-corrected chi connectivity index (χ3v) is 4.70. The highest BCUT2D eigenvalue weighted by Crippen LogP contribution is 2.23. The first-order chi connectivity index (χ1) is 15.5. The zero-order chi connectivity index (χ0) is 22.4. The number of carbonyl (C=O) groups excluding carboxylic acids is 1. The number of aromatic nitrogens is 5. The van der Waals surface area contributed by atoms with Gasteiger partial charge in [0.25, 0.3) is 0 Å². The second-order valence-electron chi connectivity index (χ2n) is 7.28. The molecular weight excluding hydrogens is 414 g/mol. The number of carbonyl (C=O) groups is 1. The minimum absolute atomic E-state index is 0.0753. The van der Waals surface area contributed by atoms with E-state index in [4.69, 9.17) is 14.3 Å². The van der Waals surface area contributed by atoms with Gasteiger partial charge in [0.1, 0.15) is 5.82 Å². The average molecular weight is 437 g/mol. The minimum Gasteiger partial charge on any atom is -0.389 e. The number of pyridine rings is 1. The molecule has 1 aromatic carbocycles. The molecule has 0 aliphatic carbocycles. The van der Waals surface area contributed by atoms with Crippen molar-refractivity contribution in [3.63, 3.8) is 0 Å². The van der Waals surface area contributed by atoms with Crippen LogP contribution in [0.1, 0.15) is 30.4 Å². The third kappa shape index (κ3) is 5.31. The first-order valence-electron chi connectivity index (χ1n) is 10.0. The van der Waals surface area contributed by atoms with Gasteiger partial charge in [0.15, 0.2) is 18.1 Å². The van der Waals surface area contributed by atoms with Crippen LogP contribution in [0.2, 0.25) is 0 Å². The van der Waals surface area contributed by atoms with Gasteiger partial charge >= 0.3 is 0 Å². The first kappa shape index (κ1) is 21.5. The number of hydrogen-bond acceptors (Lipinski definition) is 9. The van der Waals surface area contributed by atoms with Gasteiger partial charge in [0.2, 0.25) is 11.7 Å². The van der Waals surface area contributed by atoms with Crippen molar-refractivity contribution in [2.45, 2.75) is 25.7 Å². The molecular formula is C21H23N7O4. The maximum atomic E-state index is 12.3. The Bertz CT molecular complexity index is 1090. The van der Waals surface area contributed by atoms with E-state index in [9.17, 15) is 4.79 Å². The fourth-order valence-corrected chi connectivity index (χ4v) is 3.18. The quantitative estimate of drug-likeness (QED) is 0.417. The standard InChI is InChI=1S/C21H23N7O4/c1-21(30-11-12-31-21)13-18(29)23-17-10-6-9-16(22-17)14-32-25-19(15-7-4-3-5-8-15)20-24-26-27-28(20)2/h3-10H,11-14H2,1-2H3,(H,22,23,29). The number of anilines is 1. The maximum absolute atomic E-state index is 12.3. The molecule has 1 fully saturated rings. The highest BCUT2D eigenvalue weighted by molar-refractivity contribution is 6.10. The second-order valence-corrected chi connectivity index (χ2v) is 7.28. The number of oxime groups is 1. The van der Waals surface area contributed by atoms with E-state index in [1.807, 2.05) is 30.3 Å². The lowest BCUT2D eigenvalue weighted by Gasteiger charge is -2.21. The number of ether oxygens (including phenoxy) is 2. The molecule has 2 aromatic heterocycles. The Balaban J connectivity index is 1.42. The molecule has 0 unspecified atom stereocenters. The predicted octanol–water partition coefficient (Wildman–Crippen LogP) is 1.67. The molecule has 3 aromatic rings. The van der Waals surface area contributed by atoms with Crippen LogP contribution in [-0.2, 0) is 32.8 Å². The monoisotopic (exact) mass is 437 g/mol. The minimum atomic E-state index is -0.901. The Morgan fingerprint density at radius 3 is 2.69 bits per heavy atom. The van der Waals surface area contributed by atoms with Crippen molar-refractivity contribution >= 4 is 17.4 Å². The van der Waals surface area contributed by atoms with Gasteiger partial charge < -0.3 is 19.6 Å². The van der Waals surface area contributed by atoms with Crippen LogP contribution >= 0.6 is 0 Å². The maximum Gasteiger partial charge on any atom is 0.230 e. The van der Waals surface area contributed by atoms with Gasteiger partial charge in [-0.25, -0.2) is 9.67 Å². The van der Waals surface area contributed by atoms with Crippen molar-refractivity contribution in [1.29, 1.82) is 0 Å². The van der Waals surface area contributed by atoms with E-state index in [0.717, 1.165) is 5.56 Å². The number of aryl methyl sites for hydroxylation is 1. The Hall–Kier alpha value is -3.70. The van der Waals surface area contributed by atoms with Gasteiger partial charge in [0.05, 0.1) is 25.3 Å². The van der Waals surface area contributed by atoms with Crippen LogP contribution in [0.3, 0.4) is 0 Å². The van der Waals surface area contributed by atoms with E-state index < -0.39 is 5.79 Å². The summed E-state index contributed by atoms with van der Waals surface area (Å²) < 4.78 is 12.5. The molecule has 4 rings (SSSR count). The summed E-state index contributed by atoms with van der Waals surface area (Å²) in [7, 11) is 1.73. The molecule has 1 amide bonds. The van der Waals surface area contributed by atoms with Crippen molar-refractivity contribution < 1.29 is 19.1 Å². The molecule has 11 heteroatoms. The summed E-state index contributed by atoms with van der Waals surface area (Å²) in [6.07, 6.45) is 0.0753. The van der Waals surface area contributed by atoms with Gasteiger partial charge in [-0.2, -0.15) is 0 Å². The van der Waals surface area contributed by atoms with Crippen LogP contribution in [0.15, 0.2) is 53.7 Å². The Morgan fingerprint density at radius 2 is 1.97 bits per heavy atom. The van der Waals surface area contributed by atoms with Crippen LogP contribution in [0, 0.1) is 0 Å². The molecule has 1 aliphatic rings. The van der Waals surface area contributed by atoms with Crippen molar-refractivity contribution in [2.24, 2.45) is 12.2 Å². The molecule has 0 bridgehead atoms.